The van der Waals surface area contributed by atoms with Gasteiger partial charge < -0.3 is 10.5 Å². The van der Waals surface area contributed by atoms with E-state index in [1.54, 1.807) is 0 Å². The first-order valence-electron chi connectivity index (χ1n) is 6.19. The van der Waals surface area contributed by atoms with E-state index in [0.29, 0.717) is 5.92 Å². The molecule has 0 bridgehead atoms. The summed E-state index contributed by atoms with van der Waals surface area (Å²) < 4.78 is 5.82. The molecular formula is C14H21NO. The monoisotopic (exact) mass is 219 g/mol. The zero-order chi connectivity index (χ0) is 11.4. The van der Waals surface area contributed by atoms with Crippen molar-refractivity contribution in [2.45, 2.75) is 26.2 Å². The first kappa shape index (κ1) is 11.5. The lowest BCUT2D eigenvalue weighted by molar-refractivity contribution is 0.142. The van der Waals surface area contributed by atoms with Crippen molar-refractivity contribution in [3.8, 4) is 5.75 Å². The Balaban J connectivity index is 1.85. The van der Waals surface area contributed by atoms with Crippen LogP contribution in [0.3, 0.4) is 0 Å². The third-order valence-corrected chi connectivity index (χ3v) is 3.57. The van der Waals surface area contributed by atoms with Crippen LogP contribution in [0.4, 0.5) is 0 Å². The molecule has 1 aromatic carbocycles. The first-order chi connectivity index (χ1) is 7.79. The summed E-state index contributed by atoms with van der Waals surface area (Å²) in [5.41, 5.74) is 7.04. The van der Waals surface area contributed by atoms with E-state index in [1.807, 2.05) is 12.1 Å². The van der Waals surface area contributed by atoms with Crippen LogP contribution < -0.4 is 10.5 Å². The molecule has 0 heterocycles. The van der Waals surface area contributed by atoms with E-state index in [4.69, 9.17) is 10.5 Å². The summed E-state index contributed by atoms with van der Waals surface area (Å²) in [6, 6.07) is 8.21. The summed E-state index contributed by atoms with van der Waals surface area (Å²) >= 11 is 0. The Morgan fingerprint density at radius 1 is 1.44 bits per heavy atom. The molecule has 1 unspecified atom stereocenters. The van der Waals surface area contributed by atoms with Gasteiger partial charge in [0.25, 0.3) is 0 Å². The van der Waals surface area contributed by atoms with Crippen LogP contribution >= 0.6 is 0 Å². The molecule has 0 radical (unpaired) electrons. The summed E-state index contributed by atoms with van der Waals surface area (Å²) in [6.45, 7) is 3.60. The molecule has 1 saturated carbocycles. The number of hydrogen-bond donors (Lipinski definition) is 1. The quantitative estimate of drug-likeness (QED) is 0.826. The molecule has 1 aromatic rings. The van der Waals surface area contributed by atoms with Gasteiger partial charge in [-0.25, -0.2) is 0 Å². The molecule has 2 heteroatoms. The molecule has 0 saturated heterocycles. The van der Waals surface area contributed by atoms with E-state index in [9.17, 15) is 0 Å². The highest BCUT2D eigenvalue weighted by Crippen LogP contribution is 2.33. The second kappa shape index (κ2) is 5.35. The highest BCUT2D eigenvalue weighted by Gasteiger charge is 2.26. The summed E-state index contributed by atoms with van der Waals surface area (Å²) in [4.78, 5) is 0. The zero-order valence-corrected chi connectivity index (χ0v) is 9.99. The smallest absolute Gasteiger partial charge is 0.119 e. The Bertz CT molecular complexity index is 333. The first-order valence-corrected chi connectivity index (χ1v) is 6.19. The third kappa shape index (κ3) is 2.76. The van der Waals surface area contributed by atoms with Crippen LogP contribution in [0.25, 0.3) is 0 Å². The lowest BCUT2D eigenvalue weighted by Gasteiger charge is -2.32. The van der Waals surface area contributed by atoms with Crippen LogP contribution in [0.1, 0.15) is 24.8 Å². The molecule has 2 nitrogen and oxygen atoms in total. The topological polar surface area (TPSA) is 35.2 Å². The van der Waals surface area contributed by atoms with Gasteiger partial charge in [-0.05, 0) is 49.9 Å². The largest absolute Gasteiger partial charge is 0.493 e. The number of ether oxygens (including phenoxy) is 1. The fraction of sp³-hybridized carbons (Fsp3) is 0.571. The van der Waals surface area contributed by atoms with E-state index >= 15 is 0 Å². The van der Waals surface area contributed by atoms with Gasteiger partial charge in [0.1, 0.15) is 5.75 Å². The maximum Gasteiger partial charge on any atom is 0.119 e. The maximum atomic E-state index is 5.82. The molecule has 0 amide bonds. The number of aryl methyl sites for hydroxylation is 1. The van der Waals surface area contributed by atoms with Crippen LogP contribution in [0.5, 0.6) is 5.75 Å². The van der Waals surface area contributed by atoms with E-state index in [2.05, 4.69) is 19.1 Å². The van der Waals surface area contributed by atoms with Crippen LogP contribution in [0.15, 0.2) is 24.3 Å². The van der Waals surface area contributed by atoms with Crippen molar-refractivity contribution >= 4 is 0 Å². The van der Waals surface area contributed by atoms with Gasteiger partial charge in [0.05, 0.1) is 6.61 Å². The van der Waals surface area contributed by atoms with Gasteiger partial charge in [-0.2, -0.15) is 0 Å². The molecule has 1 fully saturated rings. The molecule has 0 aliphatic heterocycles. The van der Waals surface area contributed by atoms with Crippen molar-refractivity contribution < 1.29 is 4.74 Å². The van der Waals surface area contributed by atoms with E-state index in [1.165, 1.54) is 24.8 Å². The maximum absolute atomic E-state index is 5.82. The van der Waals surface area contributed by atoms with Gasteiger partial charge in [-0.15, -0.1) is 0 Å². The highest BCUT2D eigenvalue weighted by molar-refractivity contribution is 5.27. The molecule has 0 spiro atoms. The van der Waals surface area contributed by atoms with Crippen LogP contribution in [0, 0.1) is 18.8 Å². The number of benzene rings is 1. The molecule has 1 atom stereocenters. The average molecular weight is 219 g/mol. The van der Waals surface area contributed by atoms with Crippen LogP contribution in [0.2, 0.25) is 0 Å². The Morgan fingerprint density at radius 2 is 2.25 bits per heavy atom. The van der Waals surface area contributed by atoms with Crippen molar-refractivity contribution in [2.75, 3.05) is 13.2 Å². The Labute approximate surface area is 97.8 Å². The van der Waals surface area contributed by atoms with E-state index in [0.717, 1.165) is 24.8 Å². The van der Waals surface area contributed by atoms with Gasteiger partial charge in [-0.1, -0.05) is 18.6 Å². The van der Waals surface area contributed by atoms with Gasteiger partial charge in [0.15, 0.2) is 0 Å². The summed E-state index contributed by atoms with van der Waals surface area (Å²) in [7, 11) is 0. The minimum atomic E-state index is 0.536. The average Bonchev–Trinajstić information content (AvgIpc) is 2.21. The predicted octanol–water partition coefficient (Wildman–Crippen LogP) is 2.75. The van der Waals surface area contributed by atoms with E-state index < -0.39 is 0 Å². The third-order valence-electron chi connectivity index (χ3n) is 3.57. The predicted molar refractivity (Wildman–Crippen MR) is 66.6 cm³/mol. The van der Waals surface area contributed by atoms with Crippen LogP contribution in [-0.2, 0) is 0 Å². The number of rotatable bonds is 5. The lowest BCUT2D eigenvalue weighted by atomic mass is 9.76. The Hall–Kier alpha value is -1.02. The molecule has 0 aromatic heterocycles. The van der Waals surface area contributed by atoms with Crippen LogP contribution in [-0.4, -0.2) is 13.2 Å². The van der Waals surface area contributed by atoms with Gasteiger partial charge in [-0.3, -0.25) is 0 Å². The zero-order valence-electron chi connectivity index (χ0n) is 9.99. The second-order valence-corrected chi connectivity index (χ2v) is 4.81. The van der Waals surface area contributed by atoms with Crippen molar-refractivity contribution in [2.24, 2.45) is 17.6 Å². The SMILES string of the molecule is Cc1cccc(OCC(CN)C2CCC2)c1. The van der Waals surface area contributed by atoms with E-state index in [-0.39, 0.29) is 0 Å². The lowest BCUT2D eigenvalue weighted by Crippen LogP contribution is -2.32. The Morgan fingerprint density at radius 3 is 2.81 bits per heavy atom. The summed E-state index contributed by atoms with van der Waals surface area (Å²) in [5, 5.41) is 0. The van der Waals surface area contributed by atoms with Gasteiger partial charge >= 0.3 is 0 Å². The minimum absolute atomic E-state index is 0.536. The van der Waals surface area contributed by atoms with Crippen molar-refractivity contribution in [1.29, 1.82) is 0 Å². The van der Waals surface area contributed by atoms with Gasteiger partial charge in [0, 0.05) is 5.92 Å². The molecule has 2 N–H and O–H groups in total. The second-order valence-electron chi connectivity index (χ2n) is 4.81. The van der Waals surface area contributed by atoms with Crippen molar-refractivity contribution in [3.05, 3.63) is 29.8 Å². The Kier molecular flexibility index (Phi) is 3.83. The highest BCUT2D eigenvalue weighted by atomic mass is 16.5. The molecule has 1 aliphatic carbocycles. The van der Waals surface area contributed by atoms with Crippen molar-refractivity contribution in [1.82, 2.24) is 0 Å². The molecule has 2 rings (SSSR count). The molecule has 1 aliphatic rings. The number of hydrogen-bond acceptors (Lipinski definition) is 2. The van der Waals surface area contributed by atoms with Crippen molar-refractivity contribution in [3.63, 3.8) is 0 Å². The fourth-order valence-electron chi connectivity index (χ4n) is 2.22. The normalized spacial score (nSPS) is 17.9. The standard InChI is InChI=1S/C14H21NO/c1-11-4-2-7-14(8-11)16-10-13(9-15)12-5-3-6-12/h2,4,7-8,12-13H,3,5-6,9-10,15H2,1H3. The minimum Gasteiger partial charge on any atom is -0.493 e. The summed E-state index contributed by atoms with van der Waals surface area (Å²) in [5.74, 6) is 2.31. The number of nitrogens with two attached hydrogens (primary N) is 1. The molecule has 88 valence electrons. The summed E-state index contributed by atoms with van der Waals surface area (Å²) in [6.07, 6.45) is 4.03. The molecule has 16 heavy (non-hydrogen) atoms. The molecular weight excluding hydrogens is 198 g/mol. The fourth-order valence-corrected chi connectivity index (χ4v) is 2.22. The van der Waals surface area contributed by atoms with Gasteiger partial charge in [0.2, 0.25) is 0 Å².